The molecule has 1 aliphatic rings. The van der Waals surface area contributed by atoms with Gasteiger partial charge in [0.25, 0.3) is 0 Å². The summed E-state index contributed by atoms with van der Waals surface area (Å²) in [5, 5.41) is 20.0. The van der Waals surface area contributed by atoms with Crippen LogP contribution in [-0.4, -0.2) is 65.1 Å². The van der Waals surface area contributed by atoms with Crippen molar-refractivity contribution in [3.8, 4) is 0 Å². The Labute approximate surface area is 106 Å². The molecule has 3 N–H and O–H groups in total. The predicted molar refractivity (Wildman–Crippen MR) is 63.3 cm³/mol. The number of amides is 2. The van der Waals surface area contributed by atoms with Crippen LogP contribution in [0.25, 0.3) is 0 Å². The van der Waals surface area contributed by atoms with E-state index in [9.17, 15) is 9.59 Å². The number of nitrogens with one attached hydrogen (secondary N) is 1. The van der Waals surface area contributed by atoms with E-state index in [-0.39, 0.29) is 13.0 Å². The highest BCUT2D eigenvalue weighted by Crippen LogP contribution is 2.16. The molecular weight excluding hydrogens is 240 g/mol. The second-order valence-electron chi connectivity index (χ2n) is 4.88. The van der Waals surface area contributed by atoms with Gasteiger partial charge in [0.2, 0.25) is 0 Å². The fourth-order valence-corrected chi connectivity index (χ4v) is 1.82. The van der Waals surface area contributed by atoms with Gasteiger partial charge in [0, 0.05) is 19.6 Å². The molecule has 0 spiro atoms. The smallest absolute Gasteiger partial charge is 0.326 e. The van der Waals surface area contributed by atoms with Crippen LogP contribution in [0.4, 0.5) is 4.79 Å². The fraction of sp³-hybridized carbons (Fsp3) is 0.818. The summed E-state index contributed by atoms with van der Waals surface area (Å²) in [6.45, 7) is 4.72. The van der Waals surface area contributed by atoms with E-state index in [4.69, 9.17) is 14.9 Å². The van der Waals surface area contributed by atoms with Crippen molar-refractivity contribution < 1.29 is 24.5 Å². The van der Waals surface area contributed by atoms with Crippen molar-refractivity contribution in [3.05, 3.63) is 0 Å². The molecule has 1 heterocycles. The molecule has 1 atom stereocenters. The molecule has 0 aromatic heterocycles. The van der Waals surface area contributed by atoms with E-state index in [0.29, 0.717) is 19.7 Å². The monoisotopic (exact) mass is 260 g/mol. The first-order valence-corrected chi connectivity index (χ1v) is 5.89. The first-order chi connectivity index (χ1) is 8.35. The van der Waals surface area contributed by atoms with Crippen LogP contribution in [0.1, 0.15) is 20.3 Å². The molecule has 104 valence electrons. The van der Waals surface area contributed by atoms with Crippen LogP contribution < -0.4 is 5.32 Å². The first-order valence-electron chi connectivity index (χ1n) is 5.89. The maximum Gasteiger partial charge on any atom is 0.326 e. The zero-order valence-corrected chi connectivity index (χ0v) is 10.7. The van der Waals surface area contributed by atoms with Gasteiger partial charge in [0.15, 0.2) is 0 Å². The van der Waals surface area contributed by atoms with Crippen molar-refractivity contribution in [2.45, 2.75) is 31.9 Å². The Bertz CT molecular complexity index is 319. The number of morpholine rings is 1. The number of nitrogens with zero attached hydrogens (tertiary/aromatic N) is 1. The number of ether oxygens (including phenoxy) is 1. The molecule has 0 aromatic rings. The summed E-state index contributed by atoms with van der Waals surface area (Å²) < 4.78 is 5.47. The Morgan fingerprint density at radius 1 is 1.50 bits per heavy atom. The maximum atomic E-state index is 11.9. The van der Waals surface area contributed by atoms with Crippen molar-refractivity contribution >= 4 is 12.0 Å². The summed E-state index contributed by atoms with van der Waals surface area (Å²) in [5.74, 6) is -1.15. The van der Waals surface area contributed by atoms with Crippen LogP contribution in [0.15, 0.2) is 0 Å². The van der Waals surface area contributed by atoms with Crippen molar-refractivity contribution in [2.24, 2.45) is 0 Å². The van der Waals surface area contributed by atoms with Crippen LogP contribution in [0.2, 0.25) is 0 Å². The first kappa shape index (κ1) is 14.7. The zero-order valence-electron chi connectivity index (χ0n) is 10.7. The molecule has 1 saturated heterocycles. The Balaban J connectivity index is 2.55. The number of carbonyl (C=O) groups is 2. The lowest BCUT2D eigenvalue weighted by Gasteiger charge is -2.38. The second-order valence-corrected chi connectivity index (χ2v) is 4.88. The molecule has 7 heteroatoms. The van der Waals surface area contributed by atoms with Crippen LogP contribution in [-0.2, 0) is 9.53 Å². The highest BCUT2D eigenvalue weighted by molar-refractivity contribution is 5.82. The summed E-state index contributed by atoms with van der Waals surface area (Å²) in [6, 6.07) is -1.50. The van der Waals surface area contributed by atoms with Gasteiger partial charge in [-0.15, -0.1) is 0 Å². The Morgan fingerprint density at radius 3 is 2.67 bits per heavy atom. The molecule has 7 nitrogen and oxygen atoms in total. The van der Waals surface area contributed by atoms with Crippen LogP contribution in [0, 0.1) is 0 Å². The van der Waals surface area contributed by atoms with E-state index >= 15 is 0 Å². The minimum absolute atomic E-state index is 0.00515. The van der Waals surface area contributed by atoms with Crippen molar-refractivity contribution in [3.63, 3.8) is 0 Å². The number of carboxylic acids is 1. The van der Waals surface area contributed by atoms with Gasteiger partial charge in [-0.05, 0) is 13.8 Å². The van der Waals surface area contributed by atoms with Gasteiger partial charge >= 0.3 is 12.0 Å². The molecule has 0 saturated carbocycles. The molecule has 1 rings (SSSR count). The van der Waals surface area contributed by atoms with Gasteiger partial charge in [-0.1, -0.05) is 0 Å². The van der Waals surface area contributed by atoms with Crippen molar-refractivity contribution in [1.29, 1.82) is 0 Å². The molecule has 2 amide bonds. The molecular formula is C11H20N2O5. The van der Waals surface area contributed by atoms with E-state index in [1.807, 2.05) is 13.8 Å². The quantitative estimate of drug-likeness (QED) is 0.641. The van der Waals surface area contributed by atoms with Crippen molar-refractivity contribution in [1.82, 2.24) is 10.2 Å². The third-order valence-corrected chi connectivity index (χ3v) is 2.73. The number of aliphatic hydroxyl groups excluding tert-OH is 1. The van der Waals surface area contributed by atoms with E-state index < -0.39 is 23.6 Å². The number of hydrogen-bond acceptors (Lipinski definition) is 4. The van der Waals surface area contributed by atoms with Crippen LogP contribution >= 0.6 is 0 Å². The molecule has 18 heavy (non-hydrogen) atoms. The van der Waals surface area contributed by atoms with Crippen molar-refractivity contribution in [2.75, 3.05) is 26.3 Å². The fourth-order valence-electron chi connectivity index (χ4n) is 1.82. The average molecular weight is 260 g/mol. The molecule has 0 aliphatic carbocycles. The number of carboxylic acid groups (broad SMARTS) is 1. The predicted octanol–water partition coefficient (Wildman–Crippen LogP) is -0.358. The molecule has 1 fully saturated rings. The minimum atomic E-state index is -1.15. The highest BCUT2D eigenvalue weighted by atomic mass is 16.5. The third kappa shape index (κ3) is 4.15. The largest absolute Gasteiger partial charge is 0.480 e. The van der Waals surface area contributed by atoms with Gasteiger partial charge in [-0.3, -0.25) is 0 Å². The number of aliphatic carboxylic acids is 1. The van der Waals surface area contributed by atoms with Gasteiger partial charge in [-0.25, -0.2) is 9.59 Å². The van der Waals surface area contributed by atoms with E-state index in [1.54, 1.807) is 0 Å². The average Bonchev–Trinajstić information content (AvgIpc) is 2.26. The Hall–Kier alpha value is -1.34. The lowest BCUT2D eigenvalue weighted by atomic mass is 10.1. The van der Waals surface area contributed by atoms with Gasteiger partial charge in [0.1, 0.15) is 6.04 Å². The number of hydrogen-bond donors (Lipinski definition) is 3. The standard InChI is InChI=1S/C11H20N2O5/c1-11(2)7-13(4-6-18-11)10(17)12-8(3-5-14)9(15)16/h8,14H,3-7H2,1-2H3,(H,12,17)(H,15,16)/t8-/m1/s1. The summed E-state index contributed by atoms with van der Waals surface area (Å²) in [7, 11) is 0. The van der Waals surface area contributed by atoms with E-state index in [2.05, 4.69) is 5.32 Å². The number of urea groups is 1. The summed E-state index contributed by atoms with van der Waals surface area (Å²) in [4.78, 5) is 24.3. The lowest BCUT2D eigenvalue weighted by Crippen LogP contribution is -2.56. The Morgan fingerprint density at radius 2 is 2.17 bits per heavy atom. The second kappa shape index (κ2) is 6.01. The Kier molecular flexibility index (Phi) is 4.92. The normalized spacial score (nSPS) is 20.3. The highest BCUT2D eigenvalue weighted by Gasteiger charge is 2.31. The molecule has 0 bridgehead atoms. The molecule has 0 radical (unpaired) electrons. The summed E-state index contributed by atoms with van der Waals surface area (Å²) in [6.07, 6.45) is -0.00515. The summed E-state index contributed by atoms with van der Waals surface area (Å²) >= 11 is 0. The summed E-state index contributed by atoms with van der Waals surface area (Å²) in [5.41, 5.74) is -0.425. The number of carbonyl (C=O) groups excluding carboxylic acids is 1. The van der Waals surface area contributed by atoms with Gasteiger partial charge in [-0.2, -0.15) is 0 Å². The van der Waals surface area contributed by atoms with Gasteiger partial charge < -0.3 is 25.2 Å². The zero-order chi connectivity index (χ0) is 13.8. The topological polar surface area (TPSA) is 99.1 Å². The number of rotatable bonds is 4. The van der Waals surface area contributed by atoms with E-state index in [0.717, 1.165) is 0 Å². The molecule has 0 unspecified atom stereocenters. The number of aliphatic hydroxyl groups is 1. The minimum Gasteiger partial charge on any atom is -0.480 e. The lowest BCUT2D eigenvalue weighted by molar-refractivity contribution is -0.139. The van der Waals surface area contributed by atoms with Crippen LogP contribution in [0.3, 0.4) is 0 Å². The third-order valence-electron chi connectivity index (χ3n) is 2.73. The molecule has 1 aliphatic heterocycles. The molecule has 0 aromatic carbocycles. The van der Waals surface area contributed by atoms with E-state index in [1.165, 1.54) is 4.90 Å². The van der Waals surface area contributed by atoms with Gasteiger partial charge in [0.05, 0.1) is 18.8 Å². The SMILES string of the molecule is CC1(C)CN(C(=O)N[C@H](CCO)C(=O)O)CCO1. The van der Waals surface area contributed by atoms with Crippen LogP contribution in [0.5, 0.6) is 0 Å². The maximum absolute atomic E-state index is 11.9.